The van der Waals surface area contributed by atoms with E-state index < -0.39 is 11.7 Å². The number of halogens is 3. The summed E-state index contributed by atoms with van der Waals surface area (Å²) in [6, 6.07) is 22.6. The molecule has 0 fully saturated rings. The molecule has 0 heterocycles. The van der Waals surface area contributed by atoms with Crippen LogP contribution in [0.2, 0.25) is 0 Å². The highest BCUT2D eigenvalue weighted by molar-refractivity contribution is 5.64. The Labute approximate surface area is 157 Å². The molecule has 1 nitrogen and oxygen atoms in total. The van der Waals surface area contributed by atoms with Gasteiger partial charge in [-0.3, -0.25) is 0 Å². The third-order valence-electron chi connectivity index (χ3n) is 4.40. The van der Waals surface area contributed by atoms with Gasteiger partial charge in [0.25, 0.3) is 0 Å². The first-order valence-electron chi connectivity index (χ1n) is 8.84. The minimum absolute atomic E-state index is 0.0666. The van der Waals surface area contributed by atoms with E-state index in [1.54, 1.807) is 0 Å². The molecule has 3 rings (SSSR count). The van der Waals surface area contributed by atoms with Crippen LogP contribution in [-0.2, 0) is 6.18 Å². The predicted molar refractivity (Wildman–Crippen MR) is 102 cm³/mol. The molecule has 0 aromatic heterocycles. The van der Waals surface area contributed by atoms with Gasteiger partial charge in [0.05, 0.1) is 5.56 Å². The van der Waals surface area contributed by atoms with Crippen LogP contribution < -0.4 is 4.74 Å². The van der Waals surface area contributed by atoms with E-state index in [9.17, 15) is 13.2 Å². The number of ether oxygens (including phenoxy) is 1. The first-order valence-corrected chi connectivity index (χ1v) is 8.84. The van der Waals surface area contributed by atoms with Gasteiger partial charge in [0.2, 0.25) is 0 Å². The molecular weight excluding hydrogens is 349 g/mol. The lowest BCUT2D eigenvalue weighted by Gasteiger charge is -2.23. The van der Waals surface area contributed by atoms with Crippen LogP contribution in [0.25, 0.3) is 11.1 Å². The summed E-state index contributed by atoms with van der Waals surface area (Å²) in [5.41, 5.74) is 2.04. The van der Waals surface area contributed by atoms with Crippen LogP contribution in [0.3, 0.4) is 0 Å². The fraction of sp³-hybridized carbons (Fsp3) is 0.217. The maximum atomic E-state index is 12.7. The fourth-order valence-electron chi connectivity index (χ4n) is 2.96. The third kappa shape index (κ3) is 4.70. The predicted octanol–water partition coefficient (Wildman–Crippen LogP) is 7.15. The molecule has 27 heavy (non-hydrogen) atoms. The van der Waals surface area contributed by atoms with Crippen LogP contribution in [0.4, 0.5) is 13.2 Å². The van der Waals surface area contributed by atoms with Crippen molar-refractivity contribution >= 4 is 0 Å². The molecule has 0 radical (unpaired) electrons. The van der Waals surface area contributed by atoms with Crippen molar-refractivity contribution in [3.05, 3.63) is 90.0 Å². The van der Waals surface area contributed by atoms with Crippen LogP contribution in [-0.4, -0.2) is 0 Å². The van der Waals surface area contributed by atoms with E-state index in [2.05, 4.69) is 13.8 Å². The molecule has 0 saturated heterocycles. The molecule has 0 saturated carbocycles. The van der Waals surface area contributed by atoms with E-state index in [1.165, 1.54) is 12.1 Å². The van der Waals surface area contributed by atoms with Gasteiger partial charge in [-0.1, -0.05) is 68.4 Å². The Morgan fingerprint density at radius 1 is 0.704 bits per heavy atom. The molecule has 3 aromatic rings. The largest absolute Gasteiger partial charge is 0.485 e. The second-order valence-electron chi connectivity index (χ2n) is 6.79. The zero-order valence-corrected chi connectivity index (χ0v) is 15.2. The quantitative estimate of drug-likeness (QED) is 0.463. The van der Waals surface area contributed by atoms with Gasteiger partial charge >= 0.3 is 6.18 Å². The summed E-state index contributed by atoms with van der Waals surface area (Å²) in [7, 11) is 0. The Balaban J connectivity index is 1.77. The molecule has 1 unspecified atom stereocenters. The summed E-state index contributed by atoms with van der Waals surface area (Å²) in [5.74, 6) is 1.02. The Morgan fingerprint density at radius 2 is 1.22 bits per heavy atom. The van der Waals surface area contributed by atoms with Crippen LogP contribution in [0.15, 0.2) is 78.9 Å². The van der Waals surface area contributed by atoms with Crippen molar-refractivity contribution in [2.24, 2.45) is 5.92 Å². The van der Waals surface area contributed by atoms with Crippen molar-refractivity contribution in [2.75, 3.05) is 0 Å². The Morgan fingerprint density at radius 3 is 1.70 bits per heavy atom. The molecule has 0 amide bonds. The molecule has 4 heteroatoms. The summed E-state index contributed by atoms with van der Waals surface area (Å²) < 4.78 is 44.2. The van der Waals surface area contributed by atoms with Gasteiger partial charge in [0.15, 0.2) is 0 Å². The number of rotatable bonds is 5. The Kier molecular flexibility index (Phi) is 5.54. The fourth-order valence-corrected chi connectivity index (χ4v) is 2.96. The van der Waals surface area contributed by atoms with E-state index in [-0.39, 0.29) is 6.10 Å². The van der Waals surface area contributed by atoms with Gasteiger partial charge < -0.3 is 4.74 Å². The average Bonchev–Trinajstić information content (AvgIpc) is 2.66. The maximum Gasteiger partial charge on any atom is 0.416 e. The lowest BCUT2D eigenvalue weighted by molar-refractivity contribution is -0.137. The molecule has 0 aliphatic rings. The Bertz CT molecular complexity index is 851. The molecule has 1 atom stereocenters. The highest BCUT2D eigenvalue weighted by Crippen LogP contribution is 2.32. The Hall–Kier alpha value is -2.75. The molecule has 0 aliphatic heterocycles. The molecule has 0 bridgehead atoms. The van der Waals surface area contributed by atoms with Gasteiger partial charge in [-0.05, 0) is 46.9 Å². The molecular formula is C23H21F3O. The van der Waals surface area contributed by atoms with Crippen LogP contribution in [0, 0.1) is 5.92 Å². The molecule has 0 N–H and O–H groups in total. The highest BCUT2D eigenvalue weighted by atomic mass is 19.4. The van der Waals surface area contributed by atoms with Crippen molar-refractivity contribution in [1.29, 1.82) is 0 Å². The van der Waals surface area contributed by atoms with Gasteiger partial charge in [-0.15, -0.1) is 0 Å². The number of hydrogen-bond donors (Lipinski definition) is 0. The molecule has 0 aliphatic carbocycles. The summed E-state index contributed by atoms with van der Waals surface area (Å²) >= 11 is 0. The molecule has 140 valence electrons. The van der Waals surface area contributed by atoms with Crippen molar-refractivity contribution in [3.63, 3.8) is 0 Å². The number of benzene rings is 3. The normalized spacial score (nSPS) is 12.8. The number of hydrogen-bond acceptors (Lipinski definition) is 1. The van der Waals surface area contributed by atoms with E-state index in [1.807, 2.05) is 54.6 Å². The van der Waals surface area contributed by atoms with Gasteiger partial charge in [-0.2, -0.15) is 13.2 Å². The number of alkyl halides is 3. The highest BCUT2D eigenvalue weighted by Gasteiger charge is 2.29. The van der Waals surface area contributed by atoms with Gasteiger partial charge in [-0.25, -0.2) is 0 Å². The van der Waals surface area contributed by atoms with Gasteiger partial charge in [0.1, 0.15) is 11.9 Å². The second-order valence-corrected chi connectivity index (χ2v) is 6.79. The zero-order valence-electron chi connectivity index (χ0n) is 15.2. The first kappa shape index (κ1) is 19.0. The van der Waals surface area contributed by atoms with E-state index >= 15 is 0 Å². The van der Waals surface area contributed by atoms with Crippen LogP contribution >= 0.6 is 0 Å². The summed E-state index contributed by atoms with van der Waals surface area (Å²) in [6.07, 6.45) is -4.39. The third-order valence-corrected chi connectivity index (χ3v) is 4.40. The van der Waals surface area contributed by atoms with E-state index in [0.29, 0.717) is 5.92 Å². The summed E-state index contributed by atoms with van der Waals surface area (Å²) in [4.78, 5) is 0. The van der Waals surface area contributed by atoms with E-state index in [0.717, 1.165) is 34.6 Å². The minimum Gasteiger partial charge on any atom is -0.485 e. The second kappa shape index (κ2) is 7.87. The summed E-state index contributed by atoms with van der Waals surface area (Å²) in [5, 5.41) is 0. The first-order chi connectivity index (χ1) is 12.8. The van der Waals surface area contributed by atoms with Crippen molar-refractivity contribution in [3.8, 4) is 16.9 Å². The SMILES string of the molecule is CC(C)C(Oc1ccc(-c2ccc(C(F)(F)F)cc2)cc1)c1ccccc1. The lowest BCUT2D eigenvalue weighted by Crippen LogP contribution is -2.14. The monoisotopic (exact) mass is 370 g/mol. The maximum absolute atomic E-state index is 12.7. The minimum atomic E-state index is -4.32. The zero-order chi connectivity index (χ0) is 19.4. The van der Waals surface area contributed by atoms with Crippen molar-refractivity contribution in [1.82, 2.24) is 0 Å². The molecule has 0 spiro atoms. The van der Waals surface area contributed by atoms with Gasteiger partial charge in [0, 0.05) is 0 Å². The van der Waals surface area contributed by atoms with E-state index in [4.69, 9.17) is 4.74 Å². The summed E-state index contributed by atoms with van der Waals surface area (Å²) in [6.45, 7) is 4.21. The van der Waals surface area contributed by atoms with Crippen molar-refractivity contribution in [2.45, 2.75) is 26.1 Å². The van der Waals surface area contributed by atoms with Crippen molar-refractivity contribution < 1.29 is 17.9 Å². The molecule has 3 aromatic carbocycles. The standard InChI is InChI=1S/C23H21F3O/c1-16(2)22(19-6-4-3-5-7-19)27-21-14-10-18(11-15-21)17-8-12-20(13-9-17)23(24,25)26/h3-16,22H,1-2H3. The lowest BCUT2D eigenvalue weighted by atomic mass is 9.99. The topological polar surface area (TPSA) is 9.23 Å². The smallest absolute Gasteiger partial charge is 0.416 e. The van der Waals surface area contributed by atoms with Crippen LogP contribution in [0.1, 0.15) is 31.1 Å². The van der Waals surface area contributed by atoms with Crippen LogP contribution in [0.5, 0.6) is 5.75 Å². The average molecular weight is 370 g/mol.